The zero-order valence-electron chi connectivity index (χ0n) is 15.2. The first-order chi connectivity index (χ1) is 11.8. The topological polar surface area (TPSA) is 82.9 Å². The van der Waals surface area contributed by atoms with Gasteiger partial charge in [0.25, 0.3) is 5.91 Å². The molecule has 7 heteroatoms. The Balaban J connectivity index is 1.67. The highest BCUT2D eigenvalue weighted by Crippen LogP contribution is 2.13. The van der Waals surface area contributed by atoms with Crippen molar-refractivity contribution in [2.24, 2.45) is 5.41 Å². The van der Waals surface area contributed by atoms with Crippen LogP contribution in [0.25, 0.3) is 0 Å². The van der Waals surface area contributed by atoms with E-state index >= 15 is 0 Å². The lowest BCUT2D eigenvalue weighted by Crippen LogP contribution is -2.50. The molecule has 0 unspecified atom stereocenters. The fraction of sp³-hybridized carbons (Fsp3) is 0.611. The van der Waals surface area contributed by atoms with Gasteiger partial charge in [0.1, 0.15) is 6.26 Å². The highest BCUT2D eigenvalue weighted by Gasteiger charge is 2.25. The van der Waals surface area contributed by atoms with Gasteiger partial charge in [0.15, 0.2) is 0 Å². The van der Waals surface area contributed by atoms with Gasteiger partial charge >= 0.3 is 0 Å². The number of nitrogens with one attached hydrogen (secondary N) is 1. The first-order valence-corrected chi connectivity index (χ1v) is 8.66. The minimum absolute atomic E-state index is 0.00803. The summed E-state index contributed by atoms with van der Waals surface area (Å²) in [7, 11) is 0. The van der Waals surface area contributed by atoms with Crippen molar-refractivity contribution in [3.05, 3.63) is 24.2 Å². The Kier molecular flexibility index (Phi) is 6.22. The lowest BCUT2D eigenvalue weighted by molar-refractivity contribution is -0.133. The van der Waals surface area contributed by atoms with E-state index < -0.39 is 5.41 Å². The predicted molar refractivity (Wildman–Crippen MR) is 92.9 cm³/mol. The van der Waals surface area contributed by atoms with Crippen LogP contribution in [0.4, 0.5) is 0 Å². The molecular weight excluding hydrogens is 322 g/mol. The van der Waals surface area contributed by atoms with E-state index in [4.69, 9.17) is 4.42 Å². The molecule has 0 spiro atoms. The molecule has 0 radical (unpaired) electrons. The van der Waals surface area contributed by atoms with Gasteiger partial charge < -0.3 is 19.5 Å². The second-order valence-corrected chi connectivity index (χ2v) is 7.29. The summed E-state index contributed by atoms with van der Waals surface area (Å²) in [6, 6.07) is 1.64. The van der Waals surface area contributed by atoms with Crippen molar-refractivity contribution in [1.82, 2.24) is 15.1 Å². The first kappa shape index (κ1) is 19.0. The molecule has 2 heterocycles. The van der Waals surface area contributed by atoms with Gasteiger partial charge in [-0.15, -0.1) is 0 Å². The fourth-order valence-corrected chi connectivity index (χ4v) is 2.59. The maximum absolute atomic E-state index is 12.2. The van der Waals surface area contributed by atoms with E-state index in [0.29, 0.717) is 51.1 Å². The molecule has 0 aliphatic carbocycles. The van der Waals surface area contributed by atoms with Gasteiger partial charge in [0.2, 0.25) is 11.8 Å². The molecule has 7 nitrogen and oxygen atoms in total. The van der Waals surface area contributed by atoms with Crippen LogP contribution in [0.15, 0.2) is 23.0 Å². The third-order valence-corrected chi connectivity index (χ3v) is 4.22. The van der Waals surface area contributed by atoms with Crippen molar-refractivity contribution in [1.29, 1.82) is 0 Å². The largest absolute Gasteiger partial charge is 0.472 e. The molecule has 0 atom stereocenters. The summed E-state index contributed by atoms with van der Waals surface area (Å²) < 4.78 is 4.94. The molecule has 3 amide bonds. The zero-order chi connectivity index (χ0) is 18.4. The molecule has 2 rings (SSSR count). The number of nitrogens with zero attached hydrogens (tertiary/aromatic N) is 2. The summed E-state index contributed by atoms with van der Waals surface area (Å²) in [6.07, 6.45) is 3.94. The first-order valence-electron chi connectivity index (χ1n) is 8.66. The van der Waals surface area contributed by atoms with E-state index in [9.17, 15) is 14.4 Å². The second kappa shape index (κ2) is 8.18. The Morgan fingerprint density at radius 2 is 1.76 bits per heavy atom. The van der Waals surface area contributed by atoms with Crippen LogP contribution in [0.2, 0.25) is 0 Å². The third kappa shape index (κ3) is 5.34. The zero-order valence-corrected chi connectivity index (χ0v) is 15.2. The van der Waals surface area contributed by atoms with Gasteiger partial charge in [-0.2, -0.15) is 0 Å². The van der Waals surface area contributed by atoms with Crippen molar-refractivity contribution in [3.8, 4) is 0 Å². The van der Waals surface area contributed by atoms with Gasteiger partial charge in [-0.1, -0.05) is 20.8 Å². The summed E-state index contributed by atoms with van der Waals surface area (Å²) in [5.41, 5.74) is 0.122. The maximum Gasteiger partial charge on any atom is 0.257 e. The number of carbonyl (C=O) groups is 3. The molecule has 1 N–H and O–H groups in total. The standard InChI is InChI=1S/C18H27N3O4/c1-18(2,3)17(24)19-7-4-5-15(22)20-8-10-21(11-9-20)16(23)14-6-12-25-13-14/h6,12-13H,4-5,7-11H2,1-3H3,(H,19,24). The minimum Gasteiger partial charge on any atom is -0.472 e. The number of hydrogen-bond donors (Lipinski definition) is 1. The lowest BCUT2D eigenvalue weighted by Gasteiger charge is -2.34. The van der Waals surface area contributed by atoms with Crippen molar-refractivity contribution < 1.29 is 18.8 Å². The van der Waals surface area contributed by atoms with E-state index in [1.807, 2.05) is 20.8 Å². The Morgan fingerprint density at radius 3 is 2.32 bits per heavy atom. The van der Waals surface area contributed by atoms with E-state index in [2.05, 4.69) is 5.32 Å². The molecule has 0 bridgehead atoms. The Bertz CT molecular complexity index is 596. The van der Waals surface area contributed by atoms with Crippen LogP contribution in [-0.2, 0) is 9.59 Å². The van der Waals surface area contributed by atoms with E-state index in [1.165, 1.54) is 12.5 Å². The summed E-state index contributed by atoms with van der Waals surface area (Å²) in [4.78, 5) is 39.7. The van der Waals surface area contributed by atoms with Gasteiger partial charge in [0, 0.05) is 44.6 Å². The number of furan rings is 1. The highest BCUT2D eigenvalue weighted by molar-refractivity contribution is 5.94. The quantitative estimate of drug-likeness (QED) is 0.817. The number of amides is 3. The number of piperazine rings is 1. The van der Waals surface area contributed by atoms with Gasteiger partial charge in [-0.25, -0.2) is 0 Å². The predicted octanol–water partition coefficient (Wildman–Crippen LogP) is 1.51. The number of carbonyl (C=O) groups excluding carboxylic acids is 3. The smallest absolute Gasteiger partial charge is 0.257 e. The third-order valence-electron chi connectivity index (χ3n) is 4.22. The molecule has 1 aliphatic rings. The Labute approximate surface area is 148 Å². The maximum atomic E-state index is 12.2. The van der Waals surface area contributed by atoms with Crippen LogP contribution in [0.3, 0.4) is 0 Å². The van der Waals surface area contributed by atoms with Gasteiger partial charge in [-0.05, 0) is 12.5 Å². The van der Waals surface area contributed by atoms with Crippen LogP contribution in [0, 0.1) is 5.41 Å². The summed E-state index contributed by atoms with van der Waals surface area (Å²) in [6.45, 7) is 8.20. The molecule has 1 saturated heterocycles. The molecule has 25 heavy (non-hydrogen) atoms. The van der Waals surface area contributed by atoms with Crippen molar-refractivity contribution in [2.75, 3.05) is 32.7 Å². The number of rotatable bonds is 5. The Morgan fingerprint density at radius 1 is 1.12 bits per heavy atom. The van der Waals surface area contributed by atoms with E-state index in [0.717, 1.165) is 0 Å². The summed E-state index contributed by atoms with van der Waals surface area (Å²) >= 11 is 0. The van der Waals surface area contributed by atoms with Crippen LogP contribution in [0.5, 0.6) is 0 Å². The van der Waals surface area contributed by atoms with Crippen molar-refractivity contribution >= 4 is 17.7 Å². The van der Waals surface area contributed by atoms with Crippen LogP contribution >= 0.6 is 0 Å². The summed E-state index contributed by atoms with van der Waals surface area (Å²) in [5.74, 6) is -0.00233. The molecule has 1 aliphatic heterocycles. The summed E-state index contributed by atoms with van der Waals surface area (Å²) in [5, 5.41) is 2.85. The molecule has 1 aromatic rings. The minimum atomic E-state index is -0.415. The molecule has 1 fully saturated rings. The number of hydrogen-bond acceptors (Lipinski definition) is 4. The molecule has 0 saturated carbocycles. The molecule has 0 aromatic carbocycles. The van der Waals surface area contributed by atoms with Crippen LogP contribution < -0.4 is 5.32 Å². The van der Waals surface area contributed by atoms with Crippen LogP contribution in [-0.4, -0.2) is 60.2 Å². The average molecular weight is 349 g/mol. The van der Waals surface area contributed by atoms with Crippen molar-refractivity contribution in [3.63, 3.8) is 0 Å². The average Bonchev–Trinajstić information content (AvgIpc) is 3.11. The monoisotopic (exact) mass is 349 g/mol. The van der Waals surface area contributed by atoms with E-state index in [-0.39, 0.29) is 17.7 Å². The molecular formula is C18H27N3O4. The van der Waals surface area contributed by atoms with Crippen molar-refractivity contribution in [2.45, 2.75) is 33.6 Å². The lowest BCUT2D eigenvalue weighted by atomic mass is 9.96. The normalized spacial score (nSPS) is 15.2. The second-order valence-electron chi connectivity index (χ2n) is 7.29. The van der Waals surface area contributed by atoms with Gasteiger partial charge in [-0.3, -0.25) is 14.4 Å². The molecule has 138 valence electrons. The Hall–Kier alpha value is -2.31. The highest BCUT2D eigenvalue weighted by atomic mass is 16.3. The van der Waals surface area contributed by atoms with Gasteiger partial charge in [0.05, 0.1) is 11.8 Å². The van der Waals surface area contributed by atoms with Crippen LogP contribution in [0.1, 0.15) is 44.0 Å². The SMILES string of the molecule is CC(C)(C)C(=O)NCCCC(=O)N1CCN(C(=O)c2ccoc2)CC1. The molecule has 1 aromatic heterocycles. The van der Waals surface area contributed by atoms with E-state index in [1.54, 1.807) is 15.9 Å². The fourth-order valence-electron chi connectivity index (χ4n) is 2.59.